The summed E-state index contributed by atoms with van der Waals surface area (Å²) in [4.78, 5) is 40.5. The number of piperidine rings is 1. The minimum absolute atomic E-state index is 0.0928. The van der Waals surface area contributed by atoms with Crippen molar-refractivity contribution in [2.24, 2.45) is 0 Å². The van der Waals surface area contributed by atoms with Crippen molar-refractivity contribution < 1.29 is 33.7 Å². The van der Waals surface area contributed by atoms with Crippen molar-refractivity contribution in [3.05, 3.63) is 95.6 Å². The van der Waals surface area contributed by atoms with E-state index in [1.807, 2.05) is 66.7 Å². The lowest BCUT2D eigenvalue weighted by atomic mass is 9.92. The number of hydrogen-bond donors (Lipinski definition) is 2. The van der Waals surface area contributed by atoms with Gasteiger partial charge in [-0.3, -0.25) is 4.79 Å². The van der Waals surface area contributed by atoms with Gasteiger partial charge in [-0.1, -0.05) is 78.9 Å². The van der Waals surface area contributed by atoms with E-state index in [2.05, 4.69) is 17.4 Å². The lowest BCUT2D eigenvalue weighted by Crippen LogP contribution is -2.61. The van der Waals surface area contributed by atoms with Crippen LogP contribution < -0.4 is 5.32 Å². The van der Waals surface area contributed by atoms with E-state index < -0.39 is 35.7 Å². The van der Waals surface area contributed by atoms with Gasteiger partial charge in [0.1, 0.15) is 12.6 Å². The molecule has 220 valence electrons. The van der Waals surface area contributed by atoms with Crippen LogP contribution in [0.25, 0.3) is 11.1 Å². The Morgan fingerprint density at radius 1 is 0.976 bits per heavy atom. The summed E-state index contributed by atoms with van der Waals surface area (Å²) in [6.07, 6.45) is -0.754. The lowest BCUT2D eigenvalue weighted by Gasteiger charge is -2.40. The van der Waals surface area contributed by atoms with Crippen LogP contribution in [0.15, 0.2) is 78.9 Å². The molecule has 2 N–H and O–H groups in total. The number of rotatable bonds is 10. The molecule has 2 aliphatic rings. The van der Waals surface area contributed by atoms with Crippen LogP contribution in [0.1, 0.15) is 42.4 Å². The van der Waals surface area contributed by atoms with Crippen molar-refractivity contribution >= 4 is 18.0 Å². The first kappa shape index (κ1) is 29.3. The number of carboxylic acids is 1. The Balaban J connectivity index is 1.31. The zero-order chi connectivity index (χ0) is 29.7. The van der Waals surface area contributed by atoms with Crippen molar-refractivity contribution in [3.63, 3.8) is 0 Å². The molecule has 2 amide bonds. The first-order valence-corrected chi connectivity index (χ1v) is 14.2. The quantitative estimate of drug-likeness (QED) is 0.365. The molecule has 3 atom stereocenters. The second-order valence-corrected chi connectivity index (χ2v) is 10.8. The Morgan fingerprint density at radius 2 is 1.60 bits per heavy atom. The SMILES string of the molecule is COC1(C(=O)O)CCCN(C(=O)C(NC(=O)OCC2c3ccccc3-c3ccccc32)C(C)OCc2ccccc2)C1. The van der Waals surface area contributed by atoms with E-state index in [0.29, 0.717) is 13.0 Å². The number of nitrogens with zero attached hydrogens (tertiary/aromatic N) is 1. The predicted octanol–water partition coefficient (Wildman–Crippen LogP) is 4.59. The molecule has 0 radical (unpaired) electrons. The smallest absolute Gasteiger partial charge is 0.407 e. The van der Waals surface area contributed by atoms with Crippen LogP contribution in [0, 0.1) is 0 Å². The van der Waals surface area contributed by atoms with Gasteiger partial charge in [0.15, 0.2) is 5.60 Å². The minimum Gasteiger partial charge on any atom is -0.479 e. The van der Waals surface area contributed by atoms with Crippen LogP contribution in [-0.2, 0) is 30.4 Å². The van der Waals surface area contributed by atoms with Crippen LogP contribution >= 0.6 is 0 Å². The molecule has 5 rings (SSSR count). The summed E-state index contributed by atoms with van der Waals surface area (Å²) in [5.41, 5.74) is 3.80. The third-order valence-corrected chi connectivity index (χ3v) is 8.26. The summed E-state index contributed by atoms with van der Waals surface area (Å²) in [7, 11) is 1.33. The highest BCUT2D eigenvalue weighted by molar-refractivity contribution is 5.88. The van der Waals surface area contributed by atoms with Crippen LogP contribution in [-0.4, -0.2) is 72.5 Å². The van der Waals surface area contributed by atoms with E-state index in [4.69, 9.17) is 14.2 Å². The number of methoxy groups -OCH3 is 1. The van der Waals surface area contributed by atoms with E-state index in [0.717, 1.165) is 27.8 Å². The second-order valence-electron chi connectivity index (χ2n) is 10.8. The van der Waals surface area contributed by atoms with Crippen LogP contribution in [0.5, 0.6) is 0 Å². The average molecular weight is 573 g/mol. The van der Waals surface area contributed by atoms with E-state index in [9.17, 15) is 19.5 Å². The Bertz CT molecular complexity index is 1380. The molecular formula is C33H36N2O7. The average Bonchev–Trinajstić information content (AvgIpc) is 3.35. The van der Waals surface area contributed by atoms with Crippen molar-refractivity contribution in [2.75, 3.05) is 26.8 Å². The van der Waals surface area contributed by atoms with Gasteiger partial charge in [-0.05, 0) is 47.6 Å². The van der Waals surface area contributed by atoms with Gasteiger partial charge in [-0.15, -0.1) is 0 Å². The molecule has 0 bridgehead atoms. The van der Waals surface area contributed by atoms with E-state index in [1.54, 1.807) is 6.92 Å². The van der Waals surface area contributed by atoms with Crippen molar-refractivity contribution in [1.82, 2.24) is 10.2 Å². The lowest BCUT2D eigenvalue weighted by molar-refractivity contribution is -0.172. The maximum absolute atomic E-state index is 13.8. The van der Waals surface area contributed by atoms with E-state index in [-0.39, 0.29) is 32.1 Å². The normalized spacial score (nSPS) is 19.3. The van der Waals surface area contributed by atoms with Crippen LogP contribution in [0.2, 0.25) is 0 Å². The largest absolute Gasteiger partial charge is 0.479 e. The summed E-state index contributed by atoms with van der Waals surface area (Å²) in [6, 6.07) is 24.5. The molecule has 42 heavy (non-hydrogen) atoms. The fourth-order valence-corrected chi connectivity index (χ4v) is 5.88. The first-order chi connectivity index (χ1) is 20.3. The number of fused-ring (bicyclic) bond motifs is 3. The summed E-state index contributed by atoms with van der Waals surface area (Å²) in [5, 5.41) is 12.6. The number of benzene rings is 3. The molecule has 0 spiro atoms. The van der Waals surface area contributed by atoms with Gasteiger partial charge in [0.25, 0.3) is 0 Å². The van der Waals surface area contributed by atoms with E-state index >= 15 is 0 Å². The third kappa shape index (κ3) is 6.03. The number of carbonyl (C=O) groups excluding carboxylic acids is 2. The molecule has 0 saturated carbocycles. The number of ether oxygens (including phenoxy) is 3. The zero-order valence-corrected chi connectivity index (χ0v) is 23.8. The van der Waals surface area contributed by atoms with Crippen molar-refractivity contribution in [2.45, 2.75) is 50.0 Å². The third-order valence-electron chi connectivity index (χ3n) is 8.26. The van der Waals surface area contributed by atoms with E-state index in [1.165, 1.54) is 12.0 Å². The number of aliphatic carboxylic acids is 1. The number of carbonyl (C=O) groups is 3. The van der Waals surface area contributed by atoms with Gasteiger partial charge in [-0.25, -0.2) is 9.59 Å². The second kappa shape index (κ2) is 12.8. The molecule has 0 aromatic heterocycles. The summed E-state index contributed by atoms with van der Waals surface area (Å²) in [5.74, 6) is -1.72. The monoisotopic (exact) mass is 572 g/mol. The maximum Gasteiger partial charge on any atom is 0.407 e. The van der Waals surface area contributed by atoms with Gasteiger partial charge >= 0.3 is 12.1 Å². The topological polar surface area (TPSA) is 114 Å². The molecule has 1 saturated heterocycles. The Hall–Kier alpha value is -4.21. The number of likely N-dealkylation sites (tertiary alicyclic amines) is 1. The van der Waals surface area contributed by atoms with Crippen molar-refractivity contribution in [1.29, 1.82) is 0 Å². The van der Waals surface area contributed by atoms with Gasteiger partial charge in [0.05, 0.1) is 19.3 Å². The number of nitrogens with one attached hydrogen (secondary N) is 1. The van der Waals surface area contributed by atoms with Crippen LogP contribution in [0.3, 0.4) is 0 Å². The summed E-state index contributed by atoms with van der Waals surface area (Å²) < 4.78 is 17.1. The Morgan fingerprint density at radius 3 is 2.21 bits per heavy atom. The van der Waals surface area contributed by atoms with Gasteiger partial charge in [0, 0.05) is 19.6 Å². The van der Waals surface area contributed by atoms with Crippen LogP contribution in [0.4, 0.5) is 4.79 Å². The Kier molecular flexibility index (Phi) is 8.89. The highest BCUT2D eigenvalue weighted by Gasteiger charge is 2.46. The molecule has 1 heterocycles. The van der Waals surface area contributed by atoms with Gasteiger partial charge < -0.3 is 29.5 Å². The number of carboxylic acid groups (broad SMARTS) is 1. The Labute approximate surface area is 245 Å². The predicted molar refractivity (Wildman–Crippen MR) is 156 cm³/mol. The fraction of sp³-hybridized carbons (Fsp3) is 0.364. The number of hydrogen-bond acceptors (Lipinski definition) is 6. The molecule has 3 aromatic rings. The molecule has 1 aliphatic heterocycles. The molecule has 9 heteroatoms. The first-order valence-electron chi connectivity index (χ1n) is 14.2. The molecule has 1 fully saturated rings. The van der Waals surface area contributed by atoms with Gasteiger partial charge in [0.2, 0.25) is 5.91 Å². The number of alkyl carbamates (subject to hydrolysis) is 1. The van der Waals surface area contributed by atoms with Gasteiger partial charge in [-0.2, -0.15) is 0 Å². The molecular weight excluding hydrogens is 536 g/mol. The molecule has 3 unspecified atom stereocenters. The summed E-state index contributed by atoms with van der Waals surface area (Å²) in [6.45, 7) is 2.24. The maximum atomic E-state index is 13.8. The number of amides is 2. The molecule has 1 aliphatic carbocycles. The highest BCUT2D eigenvalue weighted by atomic mass is 16.6. The zero-order valence-electron chi connectivity index (χ0n) is 23.8. The van der Waals surface area contributed by atoms with Crippen molar-refractivity contribution in [3.8, 4) is 11.1 Å². The summed E-state index contributed by atoms with van der Waals surface area (Å²) >= 11 is 0. The molecule has 3 aromatic carbocycles. The minimum atomic E-state index is -1.50. The fourth-order valence-electron chi connectivity index (χ4n) is 5.88. The molecule has 9 nitrogen and oxygen atoms in total. The standard InChI is InChI=1S/C33H36N2O7/c1-22(41-19-23-11-4-3-5-12-23)29(30(36)35-18-10-17-33(21-35,40-2)31(37)38)34-32(39)42-20-28-26-15-8-6-13-24(26)25-14-7-9-16-27(25)28/h3-9,11-16,22,28-29H,10,17-21H2,1-2H3,(H,34,39)(H,37,38). The highest BCUT2D eigenvalue weighted by Crippen LogP contribution is 2.44.